The van der Waals surface area contributed by atoms with Crippen molar-refractivity contribution in [3.8, 4) is 0 Å². The fraction of sp³-hybridized carbons (Fsp3) is 0.846. The Morgan fingerprint density at radius 3 is 2.44 bits per heavy atom. The van der Waals surface area contributed by atoms with Crippen molar-refractivity contribution in [3.05, 3.63) is 4.77 Å². The van der Waals surface area contributed by atoms with Crippen LogP contribution >= 0.6 is 12.2 Å². The molecule has 0 spiro atoms. The molecule has 0 saturated heterocycles. The largest absolute Gasteiger partial charge is 0.339 e. The average Bonchev–Trinajstić information content (AvgIpc) is 2.66. The minimum absolute atomic E-state index is 0.332. The lowest BCUT2D eigenvalue weighted by molar-refractivity contribution is 0.548. The van der Waals surface area contributed by atoms with Crippen molar-refractivity contribution < 1.29 is 0 Å². The van der Waals surface area contributed by atoms with E-state index < -0.39 is 0 Å². The Bertz CT molecular complexity index is 405. The molecule has 0 fully saturated rings. The second-order valence-corrected chi connectivity index (χ2v) is 5.67. The van der Waals surface area contributed by atoms with Crippen molar-refractivity contribution in [2.45, 2.75) is 66.0 Å². The van der Waals surface area contributed by atoms with Crippen LogP contribution in [0.4, 0.5) is 5.95 Å². The van der Waals surface area contributed by atoms with Crippen LogP contribution in [0.3, 0.4) is 0 Å². The van der Waals surface area contributed by atoms with Gasteiger partial charge < -0.3 is 4.90 Å². The summed E-state index contributed by atoms with van der Waals surface area (Å²) in [5.74, 6) is 0.973. The number of aromatic nitrogens is 3. The van der Waals surface area contributed by atoms with Crippen molar-refractivity contribution in [2.75, 3.05) is 11.4 Å². The molecule has 0 aromatic carbocycles. The van der Waals surface area contributed by atoms with Gasteiger partial charge in [-0.05, 0) is 46.3 Å². The van der Waals surface area contributed by atoms with Crippen LogP contribution in [-0.4, -0.2) is 27.4 Å². The van der Waals surface area contributed by atoms with Crippen LogP contribution in [0.25, 0.3) is 0 Å². The highest BCUT2D eigenvalue weighted by atomic mass is 32.1. The molecule has 1 aromatic heterocycles. The average molecular weight is 270 g/mol. The Hall–Kier alpha value is -0.840. The number of anilines is 1. The van der Waals surface area contributed by atoms with E-state index in [0.717, 1.165) is 12.5 Å². The summed E-state index contributed by atoms with van der Waals surface area (Å²) in [6.07, 6.45) is 3.70. The summed E-state index contributed by atoms with van der Waals surface area (Å²) in [6, 6.07) is 0.767. The molecule has 1 heterocycles. The predicted molar refractivity (Wildman–Crippen MR) is 79.8 cm³/mol. The third-order valence-electron chi connectivity index (χ3n) is 3.09. The zero-order chi connectivity index (χ0) is 13.7. The van der Waals surface area contributed by atoms with E-state index in [1.807, 2.05) is 0 Å². The van der Waals surface area contributed by atoms with Gasteiger partial charge in [0.25, 0.3) is 0 Å². The number of nitrogens with one attached hydrogen (secondary N) is 1. The summed E-state index contributed by atoms with van der Waals surface area (Å²) in [7, 11) is 0. The smallest absolute Gasteiger partial charge is 0.226 e. The molecule has 1 aromatic rings. The van der Waals surface area contributed by atoms with Gasteiger partial charge >= 0.3 is 0 Å². The summed E-state index contributed by atoms with van der Waals surface area (Å²) in [4.78, 5) is 2.34. The number of hydrogen-bond donors (Lipinski definition) is 1. The summed E-state index contributed by atoms with van der Waals surface area (Å²) in [5, 5.41) is 7.33. The van der Waals surface area contributed by atoms with E-state index in [9.17, 15) is 0 Å². The molecule has 0 aliphatic carbocycles. The van der Waals surface area contributed by atoms with E-state index in [1.165, 1.54) is 19.3 Å². The van der Waals surface area contributed by atoms with Crippen molar-refractivity contribution in [1.29, 1.82) is 0 Å². The molecule has 5 heteroatoms. The minimum Gasteiger partial charge on any atom is -0.339 e. The lowest BCUT2D eigenvalue weighted by Crippen LogP contribution is -2.34. The molecule has 0 amide bonds. The molecule has 0 saturated carbocycles. The van der Waals surface area contributed by atoms with Gasteiger partial charge in [0.2, 0.25) is 5.95 Å². The maximum atomic E-state index is 5.31. The third-order valence-corrected chi connectivity index (χ3v) is 3.37. The van der Waals surface area contributed by atoms with Crippen LogP contribution < -0.4 is 4.90 Å². The van der Waals surface area contributed by atoms with Crippen LogP contribution in [0.5, 0.6) is 0 Å². The van der Waals surface area contributed by atoms with Gasteiger partial charge in [-0.15, -0.1) is 5.10 Å². The van der Waals surface area contributed by atoms with E-state index in [4.69, 9.17) is 12.2 Å². The van der Waals surface area contributed by atoms with E-state index in [0.29, 0.717) is 16.9 Å². The van der Waals surface area contributed by atoms with Crippen molar-refractivity contribution in [3.63, 3.8) is 0 Å². The topological polar surface area (TPSA) is 36.9 Å². The monoisotopic (exact) mass is 270 g/mol. The Labute approximate surface area is 115 Å². The number of nitrogens with zero attached hydrogens (tertiary/aromatic N) is 3. The first kappa shape index (κ1) is 15.2. The van der Waals surface area contributed by atoms with Crippen LogP contribution in [0.2, 0.25) is 0 Å². The first-order valence-electron chi connectivity index (χ1n) is 6.92. The highest BCUT2D eigenvalue weighted by molar-refractivity contribution is 7.71. The first-order chi connectivity index (χ1) is 8.49. The number of hydrogen-bond acceptors (Lipinski definition) is 3. The SMILES string of the molecule is CCCCCN(c1n[nH]c(=S)n1C(C)C)C(C)C. The number of rotatable bonds is 7. The van der Waals surface area contributed by atoms with Crippen LogP contribution in [0, 0.1) is 4.77 Å². The molecule has 104 valence electrons. The van der Waals surface area contributed by atoms with Crippen molar-refractivity contribution in [1.82, 2.24) is 14.8 Å². The van der Waals surface area contributed by atoms with Crippen LogP contribution in [-0.2, 0) is 0 Å². The van der Waals surface area contributed by atoms with Crippen LogP contribution in [0.1, 0.15) is 59.9 Å². The Kier molecular flexibility index (Phi) is 5.85. The second kappa shape index (κ2) is 6.92. The maximum Gasteiger partial charge on any atom is 0.226 e. The predicted octanol–water partition coefficient (Wildman–Crippen LogP) is 3.93. The zero-order valence-electron chi connectivity index (χ0n) is 12.2. The fourth-order valence-electron chi connectivity index (χ4n) is 2.09. The highest BCUT2D eigenvalue weighted by Crippen LogP contribution is 2.20. The maximum absolute atomic E-state index is 5.31. The van der Waals surface area contributed by atoms with Gasteiger partial charge in [0.15, 0.2) is 4.77 Å². The van der Waals surface area contributed by atoms with Crippen molar-refractivity contribution >= 4 is 18.2 Å². The standard InChI is InChI=1S/C13H26N4S/c1-6-7-8-9-16(10(2)3)12-14-15-13(18)17(12)11(4)5/h10-11H,6-9H2,1-5H3,(H,15,18). The molecule has 0 atom stereocenters. The van der Waals surface area contributed by atoms with Gasteiger partial charge in [-0.3, -0.25) is 4.57 Å². The first-order valence-corrected chi connectivity index (χ1v) is 7.33. The molecule has 0 aliphatic heterocycles. The van der Waals surface area contributed by atoms with E-state index in [1.54, 1.807) is 0 Å². The van der Waals surface area contributed by atoms with Crippen molar-refractivity contribution in [2.24, 2.45) is 0 Å². The molecular weight excluding hydrogens is 244 g/mol. The van der Waals surface area contributed by atoms with Gasteiger partial charge in [0, 0.05) is 18.6 Å². The molecule has 1 rings (SSSR count). The summed E-state index contributed by atoms with van der Waals surface area (Å²) in [6.45, 7) is 11.9. The van der Waals surface area contributed by atoms with Gasteiger partial charge in [-0.2, -0.15) is 0 Å². The van der Waals surface area contributed by atoms with Gasteiger partial charge in [-0.1, -0.05) is 19.8 Å². The Balaban J connectivity index is 2.95. The minimum atomic E-state index is 0.332. The molecule has 0 aliphatic rings. The summed E-state index contributed by atoms with van der Waals surface area (Å²) >= 11 is 5.31. The molecule has 4 nitrogen and oxygen atoms in total. The summed E-state index contributed by atoms with van der Waals surface area (Å²) in [5.41, 5.74) is 0. The fourth-order valence-corrected chi connectivity index (χ4v) is 2.42. The molecule has 0 bridgehead atoms. The van der Waals surface area contributed by atoms with Gasteiger partial charge in [-0.25, -0.2) is 5.10 Å². The van der Waals surface area contributed by atoms with Gasteiger partial charge in [0.1, 0.15) is 0 Å². The third kappa shape index (κ3) is 3.57. The van der Waals surface area contributed by atoms with E-state index in [2.05, 4.69) is 54.3 Å². The Morgan fingerprint density at radius 1 is 1.28 bits per heavy atom. The highest BCUT2D eigenvalue weighted by Gasteiger charge is 2.18. The Morgan fingerprint density at radius 2 is 1.94 bits per heavy atom. The lowest BCUT2D eigenvalue weighted by Gasteiger charge is -2.28. The molecule has 0 radical (unpaired) electrons. The normalized spacial score (nSPS) is 11.5. The number of H-pyrrole nitrogens is 1. The van der Waals surface area contributed by atoms with Gasteiger partial charge in [0.05, 0.1) is 0 Å². The quantitative estimate of drug-likeness (QED) is 0.602. The van der Waals surface area contributed by atoms with Crippen LogP contribution in [0.15, 0.2) is 0 Å². The molecule has 0 unspecified atom stereocenters. The second-order valence-electron chi connectivity index (χ2n) is 5.29. The number of unbranched alkanes of at least 4 members (excludes halogenated alkanes) is 2. The van der Waals surface area contributed by atoms with E-state index in [-0.39, 0.29) is 0 Å². The lowest BCUT2D eigenvalue weighted by atomic mass is 10.2. The molecule has 1 N–H and O–H groups in total. The van der Waals surface area contributed by atoms with E-state index >= 15 is 0 Å². The molecule has 18 heavy (non-hydrogen) atoms. The zero-order valence-corrected chi connectivity index (χ0v) is 13.0. The molecular formula is C13H26N4S. The number of aromatic amines is 1. The summed E-state index contributed by atoms with van der Waals surface area (Å²) < 4.78 is 2.81.